The summed E-state index contributed by atoms with van der Waals surface area (Å²) >= 11 is 0. The first kappa shape index (κ1) is 20.5. The molecule has 0 saturated carbocycles. The summed E-state index contributed by atoms with van der Waals surface area (Å²) in [6.45, 7) is 5.46. The Morgan fingerprint density at radius 2 is 2.07 bits per heavy atom. The van der Waals surface area contributed by atoms with Crippen molar-refractivity contribution in [2.75, 3.05) is 32.6 Å². The van der Waals surface area contributed by atoms with Crippen molar-refractivity contribution < 1.29 is 9.53 Å². The van der Waals surface area contributed by atoms with Crippen molar-refractivity contribution in [2.45, 2.75) is 44.8 Å². The molecule has 1 aromatic heterocycles. The van der Waals surface area contributed by atoms with Crippen LogP contribution >= 0.6 is 0 Å². The van der Waals surface area contributed by atoms with E-state index in [9.17, 15) is 9.59 Å². The summed E-state index contributed by atoms with van der Waals surface area (Å²) in [6, 6.07) is 1.54. The summed E-state index contributed by atoms with van der Waals surface area (Å²) in [7, 11) is 3.41. The highest BCUT2D eigenvalue weighted by molar-refractivity contribution is 5.97. The molecule has 1 fully saturated rings. The monoisotopic (exact) mass is 414 g/mol. The summed E-state index contributed by atoms with van der Waals surface area (Å²) in [5.41, 5.74) is 0.859. The molecular weight excluding hydrogens is 384 g/mol. The lowest BCUT2D eigenvalue weighted by Crippen LogP contribution is -2.54. The summed E-state index contributed by atoms with van der Waals surface area (Å²) in [4.78, 5) is 30.8. The van der Waals surface area contributed by atoms with Crippen molar-refractivity contribution in [1.29, 1.82) is 0 Å². The zero-order valence-corrected chi connectivity index (χ0v) is 18.0. The van der Waals surface area contributed by atoms with Gasteiger partial charge in [-0.25, -0.2) is 4.99 Å². The minimum Gasteiger partial charge on any atom is -0.495 e. The lowest BCUT2D eigenvalue weighted by Gasteiger charge is -2.36. The standard InChI is InChI=1S/C21H30N6O3/c1-5-13-11-24-18(22-3)17(30-4)15(13)25-14-10-12(2)16-19(28)26-21(27(16)20(14)29)6-8-23-9-7-21/h10-11,13,15,22-23,25H,5-9H2,1-4H3,(H,26,28). The molecule has 3 aliphatic heterocycles. The number of methoxy groups -OCH3 is 1. The highest BCUT2D eigenvalue weighted by Crippen LogP contribution is 2.33. The average molecular weight is 415 g/mol. The lowest BCUT2D eigenvalue weighted by molar-refractivity contribution is 0.0886. The molecular formula is C21H30N6O3. The molecule has 30 heavy (non-hydrogen) atoms. The lowest BCUT2D eigenvalue weighted by atomic mass is 9.93. The molecule has 4 rings (SSSR count). The Labute approximate surface area is 176 Å². The van der Waals surface area contributed by atoms with Crippen LogP contribution < -0.4 is 26.8 Å². The van der Waals surface area contributed by atoms with Gasteiger partial charge < -0.3 is 26.0 Å². The number of hydrogen-bond acceptors (Lipinski definition) is 7. The van der Waals surface area contributed by atoms with E-state index in [1.807, 2.05) is 13.1 Å². The van der Waals surface area contributed by atoms with Crippen LogP contribution in [0, 0.1) is 12.8 Å². The number of piperidine rings is 1. The van der Waals surface area contributed by atoms with Crippen molar-refractivity contribution >= 4 is 17.8 Å². The number of hydrogen-bond donors (Lipinski definition) is 4. The van der Waals surface area contributed by atoms with Crippen LogP contribution in [-0.2, 0) is 10.4 Å². The van der Waals surface area contributed by atoms with Gasteiger partial charge in [-0.2, -0.15) is 0 Å². The zero-order valence-electron chi connectivity index (χ0n) is 18.0. The van der Waals surface area contributed by atoms with Crippen LogP contribution in [0.3, 0.4) is 0 Å². The van der Waals surface area contributed by atoms with Crippen LogP contribution in [0.1, 0.15) is 42.2 Å². The van der Waals surface area contributed by atoms with Crippen LogP contribution in [0.25, 0.3) is 0 Å². The minimum atomic E-state index is -0.661. The molecule has 9 heteroatoms. The van der Waals surface area contributed by atoms with Crippen LogP contribution in [0.2, 0.25) is 0 Å². The van der Waals surface area contributed by atoms with E-state index in [0.717, 1.165) is 25.1 Å². The highest BCUT2D eigenvalue weighted by atomic mass is 16.5. The second-order valence-corrected chi connectivity index (χ2v) is 8.11. The number of nitrogens with one attached hydrogen (secondary N) is 4. The molecule has 3 aliphatic rings. The maximum atomic E-state index is 13.6. The number of aliphatic imine (C=N–C) groups is 1. The fraction of sp³-hybridized carbons (Fsp3) is 0.571. The molecule has 1 spiro atoms. The van der Waals surface area contributed by atoms with Gasteiger partial charge in [0, 0.05) is 32.0 Å². The number of carbonyl (C=O) groups excluding carboxylic acids is 1. The Morgan fingerprint density at radius 1 is 1.33 bits per heavy atom. The third-order valence-electron chi connectivity index (χ3n) is 6.39. The van der Waals surface area contributed by atoms with E-state index < -0.39 is 5.66 Å². The Bertz CT molecular complexity index is 974. The van der Waals surface area contributed by atoms with Gasteiger partial charge in [0.1, 0.15) is 17.0 Å². The van der Waals surface area contributed by atoms with E-state index in [1.165, 1.54) is 0 Å². The fourth-order valence-electron chi connectivity index (χ4n) is 4.81. The van der Waals surface area contributed by atoms with Gasteiger partial charge >= 0.3 is 0 Å². The quantitative estimate of drug-likeness (QED) is 0.569. The Balaban J connectivity index is 1.80. The van der Waals surface area contributed by atoms with E-state index in [1.54, 1.807) is 24.8 Å². The van der Waals surface area contributed by atoms with Gasteiger partial charge in [0.25, 0.3) is 11.5 Å². The van der Waals surface area contributed by atoms with Gasteiger partial charge in [0.2, 0.25) is 0 Å². The number of carbonyl (C=O) groups is 1. The number of pyridine rings is 1. The first-order chi connectivity index (χ1) is 14.5. The molecule has 0 radical (unpaired) electrons. The molecule has 0 bridgehead atoms. The van der Waals surface area contributed by atoms with Crippen molar-refractivity contribution in [3.05, 3.63) is 39.3 Å². The second kappa shape index (κ2) is 7.79. The van der Waals surface area contributed by atoms with E-state index >= 15 is 0 Å². The molecule has 1 aromatic rings. The SMILES string of the molecule is CCC1C=NC(NC)=C(OC)C1Nc1cc(C)c2n(c1=O)C1(CCNCC1)NC2=O. The second-order valence-electron chi connectivity index (χ2n) is 8.11. The number of fused-ring (bicyclic) bond motifs is 2. The van der Waals surface area contributed by atoms with Crippen molar-refractivity contribution in [1.82, 2.24) is 20.5 Å². The van der Waals surface area contributed by atoms with Crippen LogP contribution in [0.5, 0.6) is 0 Å². The van der Waals surface area contributed by atoms with E-state index in [0.29, 0.717) is 35.8 Å². The number of ether oxygens (including phenoxy) is 1. The molecule has 0 aliphatic carbocycles. The summed E-state index contributed by atoms with van der Waals surface area (Å²) < 4.78 is 7.34. The van der Waals surface area contributed by atoms with Crippen molar-refractivity contribution in [3.8, 4) is 0 Å². The van der Waals surface area contributed by atoms with Crippen molar-refractivity contribution in [3.63, 3.8) is 0 Å². The summed E-state index contributed by atoms with van der Waals surface area (Å²) in [6.07, 6.45) is 4.08. The Kier molecular flexibility index (Phi) is 5.31. The molecule has 4 heterocycles. The van der Waals surface area contributed by atoms with Crippen LogP contribution in [0.4, 0.5) is 5.69 Å². The summed E-state index contributed by atoms with van der Waals surface area (Å²) in [5, 5.41) is 12.9. The maximum absolute atomic E-state index is 13.6. The topological polar surface area (TPSA) is 109 Å². The average Bonchev–Trinajstić information content (AvgIpc) is 3.03. The van der Waals surface area contributed by atoms with E-state index in [-0.39, 0.29) is 23.4 Å². The molecule has 4 N–H and O–H groups in total. The normalized spacial score (nSPS) is 24.6. The van der Waals surface area contributed by atoms with Gasteiger partial charge in [-0.3, -0.25) is 14.2 Å². The van der Waals surface area contributed by atoms with Gasteiger partial charge in [0.05, 0.1) is 13.2 Å². The molecule has 2 atom stereocenters. The molecule has 1 saturated heterocycles. The van der Waals surface area contributed by atoms with Crippen LogP contribution in [-0.4, -0.2) is 50.0 Å². The summed E-state index contributed by atoms with van der Waals surface area (Å²) in [5.74, 6) is 1.20. The minimum absolute atomic E-state index is 0.0719. The molecule has 162 valence electrons. The van der Waals surface area contributed by atoms with Gasteiger partial charge in [-0.1, -0.05) is 6.92 Å². The van der Waals surface area contributed by atoms with Gasteiger partial charge in [0.15, 0.2) is 11.6 Å². The first-order valence-electron chi connectivity index (χ1n) is 10.5. The number of aryl methyl sites for hydroxylation is 1. The van der Waals surface area contributed by atoms with Crippen molar-refractivity contribution in [2.24, 2.45) is 10.9 Å². The predicted octanol–water partition coefficient (Wildman–Crippen LogP) is 0.862. The molecule has 2 unspecified atom stereocenters. The third kappa shape index (κ3) is 3.08. The number of aromatic nitrogens is 1. The Morgan fingerprint density at radius 3 is 2.70 bits per heavy atom. The highest BCUT2D eigenvalue weighted by Gasteiger charge is 2.45. The van der Waals surface area contributed by atoms with Gasteiger partial charge in [-0.15, -0.1) is 0 Å². The zero-order chi connectivity index (χ0) is 21.5. The first-order valence-corrected chi connectivity index (χ1v) is 10.5. The largest absolute Gasteiger partial charge is 0.495 e. The smallest absolute Gasteiger partial charge is 0.276 e. The van der Waals surface area contributed by atoms with E-state index in [4.69, 9.17) is 4.74 Å². The Hall–Kier alpha value is -2.81. The number of rotatable bonds is 5. The number of nitrogens with zero attached hydrogens (tertiary/aromatic N) is 2. The molecule has 1 amide bonds. The van der Waals surface area contributed by atoms with Gasteiger partial charge in [-0.05, 0) is 38.1 Å². The van der Waals surface area contributed by atoms with E-state index in [2.05, 4.69) is 33.2 Å². The predicted molar refractivity (Wildman–Crippen MR) is 116 cm³/mol. The molecule has 0 aromatic carbocycles. The number of anilines is 1. The third-order valence-corrected chi connectivity index (χ3v) is 6.39. The fourth-order valence-corrected chi connectivity index (χ4v) is 4.81. The number of amides is 1. The maximum Gasteiger partial charge on any atom is 0.276 e. The van der Waals surface area contributed by atoms with Crippen LogP contribution in [0.15, 0.2) is 27.4 Å². The molecule has 9 nitrogen and oxygen atoms in total.